The molecule has 0 saturated carbocycles. The van der Waals surface area contributed by atoms with Crippen molar-refractivity contribution in [1.29, 1.82) is 0 Å². The van der Waals surface area contributed by atoms with Crippen LogP contribution in [0.2, 0.25) is 0 Å². The molecule has 0 fully saturated rings. The maximum atomic E-state index is 12.7. The summed E-state index contributed by atoms with van der Waals surface area (Å²) >= 11 is 0. The number of halogens is 1. The number of alkyl halides is 1. The molecule has 25 heavy (non-hydrogen) atoms. The van der Waals surface area contributed by atoms with E-state index in [4.69, 9.17) is 0 Å². The minimum Gasteiger partial charge on any atom is -0.319 e. The van der Waals surface area contributed by atoms with Crippen molar-refractivity contribution < 1.29 is 14.0 Å². The molecule has 0 radical (unpaired) electrons. The molecule has 0 spiro atoms. The lowest BCUT2D eigenvalue weighted by Gasteiger charge is -2.29. The van der Waals surface area contributed by atoms with Crippen molar-refractivity contribution in [2.75, 3.05) is 23.4 Å². The quantitative estimate of drug-likeness (QED) is 0.849. The van der Waals surface area contributed by atoms with Gasteiger partial charge in [-0.1, -0.05) is 12.6 Å². The molecular weight excluding hydrogens is 323 g/mol. The summed E-state index contributed by atoms with van der Waals surface area (Å²) in [6, 6.07) is 5.34. The van der Waals surface area contributed by atoms with E-state index in [1.54, 1.807) is 23.2 Å². The van der Waals surface area contributed by atoms with Gasteiger partial charge in [0.2, 0.25) is 5.91 Å². The number of hydrogen-bond acceptors (Lipinski definition) is 3. The fraction of sp³-hybridized carbons (Fsp3) is 0.278. The zero-order chi connectivity index (χ0) is 17.8. The summed E-state index contributed by atoms with van der Waals surface area (Å²) in [7, 11) is 0. The van der Waals surface area contributed by atoms with E-state index in [2.05, 4.69) is 17.0 Å². The molecule has 0 aliphatic carbocycles. The molecule has 1 aliphatic heterocycles. The van der Waals surface area contributed by atoms with Crippen molar-refractivity contribution in [3.8, 4) is 0 Å². The van der Waals surface area contributed by atoms with Crippen LogP contribution < -0.4 is 10.2 Å². The van der Waals surface area contributed by atoms with Crippen LogP contribution in [-0.4, -0.2) is 34.8 Å². The molecule has 6 nitrogen and oxygen atoms in total. The average molecular weight is 342 g/mol. The van der Waals surface area contributed by atoms with Gasteiger partial charge in [-0.05, 0) is 36.6 Å². The predicted molar refractivity (Wildman–Crippen MR) is 93.5 cm³/mol. The first-order valence-corrected chi connectivity index (χ1v) is 8.09. The summed E-state index contributed by atoms with van der Waals surface area (Å²) in [5.74, 6) is -0.449. The molecule has 0 saturated heterocycles. The van der Waals surface area contributed by atoms with Crippen molar-refractivity contribution in [3.63, 3.8) is 0 Å². The molecule has 1 N–H and O–H groups in total. The highest BCUT2D eigenvalue weighted by molar-refractivity contribution is 6.08. The Morgan fingerprint density at radius 3 is 3.00 bits per heavy atom. The third-order valence-corrected chi connectivity index (χ3v) is 4.14. The number of aromatic nitrogens is 2. The van der Waals surface area contributed by atoms with Gasteiger partial charge in [-0.2, -0.15) is 5.10 Å². The van der Waals surface area contributed by atoms with Crippen LogP contribution in [0.15, 0.2) is 43.2 Å². The van der Waals surface area contributed by atoms with Crippen molar-refractivity contribution in [2.24, 2.45) is 0 Å². The van der Waals surface area contributed by atoms with Gasteiger partial charge in [0.05, 0.1) is 18.4 Å². The van der Waals surface area contributed by atoms with E-state index in [0.29, 0.717) is 17.8 Å². The van der Waals surface area contributed by atoms with Gasteiger partial charge in [0.1, 0.15) is 6.67 Å². The highest BCUT2D eigenvalue weighted by Gasteiger charge is 2.25. The van der Waals surface area contributed by atoms with E-state index in [9.17, 15) is 14.0 Å². The number of benzene rings is 1. The fourth-order valence-corrected chi connectivity index (χ4v) is 3.01. The second kappa shape index (κ2) is 7.29. The molecule has 1 aromatic carbocycles. The van der Waals surface area contributed by atoms with Crippen LogP contribution >= 0.6 is 0 Å². The maximum Gasteiger partial charge on any atom is 0.256 e. The van der Waals surface area contributed by atoms with Gasteiger partial charge >= 0.3 is 0 Å². The number of hydrogen-bond donors (Lipinski definition) is 1. The number of rotatable bonds is 5. The molecule has 2 aromatic rings. The molecule has 7 heteroatoms. The molecule has 2 heterocycles. The van der Waals surface area contributed by atoms with Crippen LogP contribution in [0, 0.1) is 0 Å². The largest absolute Gasteiger partial charge is 0.319 e. The number of nitrogens with one attached hydrogen (secondary N) is 1. The standard InChI is InChI=1S/C18H19FN4O2/c1-2-17(24)23-9-4-6-14-15(5-3-7-16(14)23)18(25)21-13-11-20-22(12-13)10-8-19/h2-3,5,7,11-12H,1,4,6,8-10H2,(H,21,25). The maximum absolute atomic E-state index is 12.7. The van der Waals surface area contributed by atoms with E-state index in [1.165, 1.54) is 17.0 Å². The van der Waals surface area contributed by atoms with Crippen LogP contribution in [0.3, 0.4) is 0 Å². The van der Waals surface area contributed by atoms with Gasteiger partial charge in [0.15, 0.2) is 0 Å². The van der Waals surface area contributed by atoms with Crippen LogP contribution in [0.4, 0.5) is 15.8 Å². The molecule has 130 valence electrons. The SMILES string of the molecule is C=CC(=O)N1CCCc2c(C(=O)Nc3cnn(CCF)c3)cccc21. The molecule has 0 atom stereocenters. The van der Waals surface area contributed by atoms with Crippen molar-refractivity contribution >= 4 is 23.2 Å². The van der Waals surface area contributed by atoms with E-state index in [1.807, 2.05) is 6.07 Å². The van der Waals surface area contributed by atoms with E-state index in [0.717, 1.165) is 24.1 Å². The van der Waals surface area contributed by atoms with Crippen molar-refractivity contribution in [1.82, 2.24) is 9.78 Å². The van der Waals surface area contributed by atoms with Gasteiger partial charge in [-0.15, -0.1) is 0 Å². The molecule has 0 unspecified atom stereocenters. The number of carbonyl (C=O) groups excluding carboxylic acids is 2. The third kappa shape index (κ3) is 3.45. The number of anilines is 2. The summed E-state index contributed by atoms with van der Waals surface area (Å²) in [4.78, 5) is 26.3. The number of aryl methyl sites for hydroxylation is 1. The smallest absolute Gasteiger partial charge is 0.256 e. The summed E-state index contributed by atoms with van der Waals surface area (Å²) in [5.41, 5.74) is 2.62. The minimum atomic E-state index is -0.519. The summed E-state index contributed by atoms with van der Waals surface area (Å²) in [6.07, 6.45) is 5.85. The van der Waals surface area contributed by atoms with Gasteiger partial charge < -0.3 is 10.2 Å². The Labute approximate surface area is 144 Å². The zero-order valence-corrected chi connectivity index (χ0v) is 13.7. The Hall–Kier alpha value is -2.96. The van der Waals surface area contributed by atoms with Crippen LogP contribution in [0.25, 0.3) is 0 Å². The van der Waals surface area contributed by atoms with Gasteiger partial charge in [0.25, 0.3) is 5.91 Å². The highest BCUT2D eigenvalue weighted by atomic mass is 19.1. The molecule has 3 rings (SSSR count). The Kier molecular flexibility index (Phi) is 4.92. The summed E-state index contributed by atoms with van der Waals surface area (Å²) < 4.78 is 13.8. The Balaban J connectivity index is 1.86. The molecule has 2 amide bonds. The lowest BCUT2D eigenvalue weighted by Crippen LogP contribution is -2.35. The minimum absolute atomic E-state index is 0.148. The van der Waals surface area contributed by atoms with Crippen LogP contribution in [0.5, 0.6) is 0 Å². The van der Waals surface area contributed by atoms with Crippen molar-refractivity contribution in [2.45, 2.75) is 19.4 Å². The van der Waals surface area contributed by atoms with E-state index >= 15 is 0 Å². The second-order valence-corrected chi connectivity index (χ2v) is 5.74. The van der Waals surface area contributed by atoms with Crippen molar-refractivity contribution in [3.05, 3.63) is 54.4 Å². The Bertz CT molecular complexity index is 815. The van der Waals surface area contributed by atoms with Crippen LogP contribution in [0.1, 0.15) is 22.3 Å². The second-order valence-electron chi connectivity index (χ2n) is 5.74. The number of carbonyl (C=O) groups is 2. The highest BCUT2D eigenvalue weighted by Crippen LogP contribution is 2.30. The zero-order valence-electron chi connectivity index (χ0n) is 13.7. The lowest BCUT2D eigenvalue weighted by atomic mass is 9.95. The predicted octanol–water partition coefficient (Wildman–Crippen LogP) is 2.57. The fourth-order valence-electron chi connectivity index (χ4n) is 3.01. The van der Waals surface area contributed by atoms with Gasteiger partial charge in [-0.3, -0.25) is 14.3 Å². The Morgan fingerprint density at radius 1 is 1.40 bits per heavy atom. The third-order valence-electron chi connectivity index (χ3n) is 4.14. The van der Waals surface area contributed by atoms with E-state index < -0.39 is 6.67 Å². The average Bonchev–Trinajstić information content (AvgIpc) is 3.07. The Morgan fingerprint density at radius 2 is 2.24 bits per heavy atom. The number of amides is 2. The lowest BCUT2D eigenvalue weighted by molar-refractivity contribution is -0.114. The first-order valence-electron chi connectivity index (χ1n) is 8.09. The van der Waals surface area contributed by atoms with Gasteiger partial charge in [0, 0.05) is 24.0 Å². The molecule has 1 aliphatic rings. The van der Waals surface area contributed by atoms with E-state index in [-0.39, 0.29) is 18.4 Å². The summed E-state index contributed by atoms with van der Waals surface area (Å²) in [6.45, 7) is 3.77. The molecule has 1 aromatic heterocycles. The first-order chi connectivity index (χ1) is 12.1. The normalized spacial score (nSPS) is 13.2. The van der Waals surface area contributed by atoms with Gasteiger partial charge in [-0.25, -0.2) is 4.39 Å². The number of fused-ring (bicyclic) bond motifs is 1. The van der Waals surface area contributed by atoms with Crippen LogP contribution in [-0.2, 0) is 17.8 Å². The summed E-state index contributed by atoms with van der Waals surface area (Å²) in [5, 5.41) is 6.76. The number of nitrogens with zero attached hydrogens (tertiary/aromatic N) is 3. The molecular formula is C18H19FN4O2. The topological polar surface area (TPSA) is 67.2 Å². The molecule has 0 bridgehead atoms. The monoisotopic (exact) mass is 342 g/mol. The first kappa shape index (κ1) is 16.9.